The number of carbonyl (C=O) groups is 1. The molecule has 6 heteroatoms. The summed E-state index contributed by atoms with van der Waals surface area (Å²) >= 11 is 5.97. The molecule has 3 rings (SSSR count). The van der Waals surface area contributed by atoms with Crippen molar-refractivity contribution in [2.24, 2.45) is 0 Å². The van der Waals surface area contributed by atoms with Crippen molar-refractivity contribution in [2.45, 2.75) is 12.5 Å². The highest BCUT2D eigenvalue weighted by Crippen LogP contribution is 2.20. The van der Waals surface area contributed by atoms with Gasteiger partial charge in [0.25, 0.3) is 5.91 Å². The van der Waals surface area contributed by atoms with Crippen molar-refractivity contribution in [3.8, 4) is 0 Å². The number of benzene rings is 1. The van der Waals surface area contributed by atoms with Gasteiger partial charge in [-0.15, -0.1) is 0 Å². The second kappa shape index (κ2) is 6.30. The monoisotopic (exact) mass is 311 g/mol. The van der Waals surface area contributed by atoms with E-state index in [4.69, 9.17) is 11.6 Å². The van der Waals surface area contributed by atoms with Crippen molar-refractivity contribution in [2.75, 3.05) is 39.3 Å². The normalized spacial score (nSPS) is 23.5. The molecule has 2 aliphatic heterocycles. The second-order valence-corrected chi connectivity index (χ2v) is 6.01. The van der Waals surface area contributed by atoms with Gasteiger partial charge in [0.1, 0.15) is 5.82 Å². The van der Waals surface area contributed by atoms with Crippen molar-refractivity contribution in [3.05, 3.63) is 34.6 Å². The molecule has 2 aliphatic rings. The van der Waals surface area contributed by atoms with Crippen LogP contribution in [0.15, 0.2) is 18.2 Å². The fraction of sp³-hybridized carbons (Fsp3) is 0.533. The third-order valence-corrected chi connectivity index (χ3v) is 4.63. The van der Waals surface area contributed by atoms with Gasteiger partial charge in [0.15, 0.2) is 0 Å². The van der Waals surface area contributed by atoms with Gasteiger partial charge in [-0.1, -0.05) is 11.6 Å². The van der Waals surface area contributed by atoms with Crippen LogP contribution in [0.4, 0.5) is 4.39 Å². The number of hydrogen-bond acceptors (Lipinski definition) is 3. The largest absolute Gasteiger partial charge is 0.336 e. The Bertz CT molecular complexity index is 526. The van der Waals surface area contributed by atoms with E-state index in [1.807, 2.05) is 0 Å². The van der Waals surface area contributed by atoms with Crippen LogP contribution < -0.4 is 5.32 Å². The summed E-state index contributed by atoms with van der Waals surface area (Å²) in [6, 6.07) is 4.53. The average Bonchev–Trinajstić information content (AvgIpc) is 3.01. The molecule has 1 unspecified atom stereocenters. The SMILES string of the molecule is O=C(c1ccc(F)cc1Cl)N1CCN(C2CCNC2)CC1. The summed E-state index contributed by atoms with van der Waals surface area (Å²) in [5.41, 5.74) is 0.383. The van der Waals surface area contributed by atoms with E-state index in [1.54, 1.807) is 4.90 Å². The highest BCUT2D eigenvalue weighted by Gasteiger charge is 2.28. The van der Waals surface area contributed by atoms with Crippen LogP contribution in [0.25, 0.3) is 0 Å². The molecule has 0 spiro atoms. The molecule has 0 bridgehead atoms. The van der Waals surface area contributed by atoms with Crippen molar-refractivity contribution >= 4 is 17.5 Å². The van der Waals surface area contributed by atoms with E-state index in [9.17, 15) is 9.18 Å². The number of halogens is 2. The molecule has 1 amide bonds. The van der Waals surface area contributed by atoms with Gasteiger partial charge < -0.3 is 10.2 Å². The molecule has 1 aromatic carbocycles. The Morgan fingerprint density at radius 1 is 1.29 bits per heavy atom. The third kappa shape index (κ3) is 3.20. The van der Waals surface area contributed by atoms with E-state index in [2.05, 4.69) is 10.2 Å². The minimum atomic E-state index is -0.421. The molecule has 2 heterocycles. The van der Waals surface area contributed by atoms with Gasteiger partial charge in [0.05, 0.1) is 10.6 Å². The molecule has 0 aromatic heterocycles. The summed E-state index contributed by atoms with van der Waals surface area (Å²) in [6.07, 6.45) is 1.18. The second-order valence-electron chi connectivity index (χ2n) is 5.60. The van der Waals surface area contributed by atoms with Gasteiger partial charge in [-0.2, -0.15) is 0 Å². The molecule has 4 nitrogen and oxygen atoms in total. The lowest BCUT2D eigenvalue weighted by atomic mass is 10.1. The molecule has 114 valence electrons. The molecular formula is C15H19ClFN3O. The predicted molar refractivity (Wildman–Crippen MR) is 80.2 cm³/mol. The lowest BCUT2D eigenvalue weighted by Gasteiger charge is -2.37. The van der Waals surface area contributed by atoms with Crippen LogP contribution in [0.5, 0.6) is 0 Å². The van der Waals surface area contributed by atoms with Crippen molar-refractivity contribution in [3.63, 3.8) is 0 Å². The predicted octanol–water partition coefficient (Wildman–Crippen LogP) is 1.60. The first kappa shape index (κ1) is 14.8. The Kier molecular flexibility index (Phi) is 4.42. The fourth-order valence-corrected chi connectivity index (χ4v) is 3.32. The Hall–Kier alpha value is -1.17. The zero-order chi connectivity index (χ0) is 14.8. The van der Waals surface area contributed by atoms with Gasteiger partial charge in [0, 0.05) is 38.8 Å². The lowest BCUT2D eigenvalue weighted by molar-refractivity contribution is 0.0584. The standard InChI is InChI=1S/C15H19ClFN3O/c16-14-9-11(17)1-2-13(14)15(21)20-7-5-19(6-8-20)12-3-4-18-10-12/h1-2,9,12,18H,3-8,10H2. The number of carbonyl (C=O) groups excluding carboxylic acids is 1. The van der Waals surface area contributed by atoms with Crippen molar-refractivity contribution in [1.82, 2.24) is 15.1 Å². The molecule has 21 heavy (non-hydrogen) atoms. The van der Waals surface area contributed by atoms with E-state index < -0.39 is 5.82 Å². The van der Waals surface area contributed by atoms with Crippen LogP contribution >= 0.6 is 11.6 Å². The van der Waals surface area contributed by atoms with Gasteiger partial charge in [-0.05, 0) is 31.2 Å². The molecule has 1 aromatic rings. The van der Waals surface area contributed by atoms with E-state index in [0.29, 0.717) is 24.7 Å². The number of piperazine rings is 1. The molecule has 2 saturated heterocycles. The number of rotatable bonds is 2. The fourth-order valence-electron chi connectivity index (χ4n) is 3.07. The van der Waals surface area contributed by atoms with Crippen LogP contribution in [0.2, 0.25) is 5.02 Å². The van der Waals surface area contributed by atoms with E-state index in [0.717, 1.165) is 26.2 Å². The molecule has 1 atom stereocenters. The Morgan fingerprint density at radius 3 is 2.67 bits per heavy atom. The third-order valence-electron chi connectivity index (χ3n) is 4.31. The highest BCUT2D eigenvalue weighted by molar-refractivity contribution is 6.33. The van der Waals surface area contributed by atoms with Crippen LogP contribution in [-0.2, 0) is 0 Å². The quantitative estimate of drug-likeness (QED) is 0.901. The summed E-state index contributed by atoms with van der Waals surface area (Å²) in [5.74, 6) is -0.528. The van der Waals surface area contributed by atoms with Gasteiger partial charge in [-0.3, -0.25) is 9.69 Å². The zero-order valence-electron chi connectivity index (χ0n) is 11.8. The van der Waals surface area contributed by atoms with Crippen molar-refractivity contribution < 1.29 is 9.18 Å². The van der Waals surface area contributed by atoms with Crippen molar-refractivity contribution in [1.29, 1.82) is 0 Å². The summed E-state index contributed by atoms with van der Waals surface area (Å²) < 4.78 is 13.1. The maximum absolute atomic E-state index is 13.1. The molecule has 0 aliphatic carbocycles. The van der Waals surface area contributed by atoms with Gasteiger partial charge in [-0.25, -0.2) is 4.39 Å². The highest BCUT2D eigenvalue weighted by atomic mass is 35.5. The van der Waals surface area contributed by atoms with E-state index >= 15 is 0 Å². The first-order chi connectivity index (χ1) is 10.1. The minimum absolute atomic E-state index is 0.107. The van der Waals surface area contributed by atoms with Crippen LogP contribution in [-0.4, -0.2) is 61.0 Å². The summed E-state index contributed by atoms with van der Waals surface area (Å²) in [6.45, 7) is 5.28. The number of amides is 1. The Morgan fingerprint density at radius 2 is 2.05 bits per heavy atom. The average molecular weight is 312 g/mol. The van der Waals surface area contributed by atoms with Gasteiger partial charge in [0.2, 0.25) is 0 Å². The van der Waals surface area contributed by atoms with Crippen LogP contribution in [0.3, 0.4) is 0 Å². The Balaban J connectivity index is 1.62. The minimum Gasteiger partial charge on any atom is -0.336 e. The van der Waals surface area contributed by atoms with E-state index in [1.165, 1.54) is 24.6 Å². The molecule has 0 saturated carbocycles. The summed E-state index contributed by atoms with van der Waals surface area (Å²) in [4.78, 5) is 16.7. The van der Waals surface area contributed by atoms with Crippen LogP contribution in [0, 0.1) is 5.82 Å². The molecule has 2 fully saturated rings. The van der Waals surface area contributed by atoms with E-state index in [-0.39, 0.29) is 10.9 Å². The van der Waals surface area contributed by atoms with Crippen LogP contribution in [0.1, 0.15) is 16.8 Å². The summed E-state index contributed by atoms with van der Waals surface area (Å²) in [7, 11) is 0. The molecular weight excluding hydrogens is 293 g/mol. The first-order valence-corrected chi connectivity index (χ1v) is 7.72. The lowest BCUT2D eigenvalue weighted by Crippen LogP contribution is -2.52. The number of nitrogens with zero attached hydrogens (tertiary/aromatic N) is 2. The number of hydrogen-bond donors (Lipinski definition) is 1. The smallest absolute Gasteiger partial charge is 0.255 e. The maximum atomic E-state index is 13.1. The zero-order valence-corrected chi connectivity index (χ0v) is 12.6. The van der Waals surface area contributed by atoms with Gasteiger partial charge >= 0.3 is 0 Å². The number of nitrogens with one attached hydrogen (secondary N) is 1. The summed E-state index contributed by atoms with van der Waals surface area (Å²) in [5, 5.41) is 3.55. The first-order valence-electron chi connectivity index (χ1n) is 7.34. The molecule has 1 N–H and O–H groups in total. The Labute approximate surface area is 128 Å². The topological polar surface area (TPSA) is 35.6 Å². The maximum Gasteiger partial charge on any atom is 0.255 e. The molecule has 0 radical (unpaired) electrons.